The Balaban J connectivity index is 1.66. The lowest BCUT2D eigenvalue weighted by Gasteiger charge is -2.39. The number of rotatable bonds is 7. The van der Waals surface area contributed by atoms with Crippen LogP contribution in [0.4, 0.5) is 0 Å². The molecule has 2 aromatic rings. The highest BCUT2D eigenvalue weighted by Gasteiger charge is 2.44. The SMILES string of the molecule is COc1cc(O)ccc1C=CC(=O)c1ccc(OC2OC(CO)C(O)C(O)C2O)cc1. The summed E-state index contributed by atoms with van der Waals surface area (Å²) in [4.78, 5) is 12.4. The molecule has 1 heterocycles. The lowest BCUT2D eigenvalue weighted by Crippen LogP contribution is -2.60. The van der Waals surface area contributed by atoms with E-state index in [1.807, 2.05) is 0 Å². The first-order valence-electron chi connectivity index (χ1n) is 9.50. The molecule has 31 heavy (non-hydrogen) atoms. The van der Waals surface area contributed by atoms with Crippen molar-refractivity contribution >= 4 is 11.9 Å². The van der Waals surface area contributed by atoms with Crippen LogP contribution in [0.5, 0.6) is 17.2 Å². The van der Waals surface area contributed by atoms with E-state index >= 15 is 0 Å². The van der Waals surface area contributed by atoms with Gasteiger partial charge < -0.3 is 39.7 Å². The van der Waals surface area contributed by atoms with Crippen molar-refractivity contribution in [3.05, 3.63) is 59.7 Å². The Morgan fingerprint density at radius 2 is 1.77 bits per heavy atom. The molecule has 0 aromatic heterocycles. The second-order valence-electron chi connectivity index (χ2n) is 6.96. The van der Waals surface area contributed by atoms with E-state index in [0.717, 1.165) is 0 Å². The molecular formula is C22H24O9. The van der Waals surface area contributed by atoms with Gasteiger partial charge in [0, 0.05) is 17.2 Å². The third kappa shape index (κ3) is 5.22. The number of ketones is 1. The molecule has 0 radical (unpaired) electrons. The van der Waals surface area contributed by atoms with Gasteiger partial charge in [-0.05, 0) is 48.6 Å². The maximum atomic E-state index is 12.4. The molecule has 1 saturated heterocycles. The predicted octanol–water partition coefficient (Wildman–Crippen LogP) is 0.476. The molecule has 3 rings (SSSR count). The summed E-state index contributed by atoms with van der Waals surface area (Å²) < 4.78 is 16.0. The number of carbonyl (C=O) groups is 1. The van der Waals surface area contributed by atoms with Crippen molar-refractivity contribution in [3.8, 4) is 17.2 Å². The molecule has 5 N–H and O–H groups in total. The second kappa shape index (κ2) is 9.90. The van der Waals surface area contributed by atoms with Gasteiger partial charge in [0.25, 0.3) is 0 Å². The fraction of sp³-hybridized carbons (Fsp3) is 0.318. The minimum absolute atomic E-state index is 0.0512. The normalized spacial score (nSPS) is 26.0. The molecule has 1 aliphatic heterocycles. The van der Waals surface area contributed by atoms with Crippen LogP contribution in [-0.2, 0) is 4.74 Å². The molecule has 1 aliphatic rings. The molecule has 0 saturated carbocycles. The van der Waals surface area contributed by atoms with Crippen LogP contribution < -0.4 is 9.47 Å². The van der Waals surface area contributed by atoms with E-state index in [1.54, 1.807) is 12.1 Å². The number of ether oxygens (including phenoxy) is 3. The molecule has 0 aliphatic carbocycles. The highest BCUT2D eigenvalue weighted by molar-refractivity contribution is 6.07. The zero-order valence-electron chi connectivity index (χ0n) is 16.7. The third-order valence-electron chi connectivity index (χ3n) is 4.87. The average molecular weight is 432 g/mol. The standard InChI is InChI=1S/C22H24O9/c1-29-17-10-14(24)6-2-13(17)5-9-16(25)12-3-7-15(8-4-12)30-22-21(28)20(27)19(26)18(11-23)31-22/h2-10,18-24,26-28H,11H2,1H3. The van der Waals surface area contributed by atoms with E-state index in [9.17, 15) is 30.3 Å². The lowest BCUT2D eigenvalue weighted by molar-refractivity contribution is -0.277. The third-order valence-corrected chi connectivity index (χ3v) is 4.87. The number of benzene rings is 2. The Bertz CT molecular complexity index is 923. The molecular weight excluding hydrogens is 408 g/mol. The summed E-state index contributed by atoms with van der Waals surface area (Å²) in [5.74, 6) is 0.447. The maximum Gasteiger partial charge on any atom is 0.229 e. The van der Waals surface area contributed by atoms with Crippen LogP contribution in [0.2, 0.25) is 0 Å². The summed E-state index contributed by atoms with van der Waals surface area (Å²) in [5, 5.41) is 48.4. The average Bonchev–Trinajstić information content (AvgIpc) is 2.78. The summed E-state index contributed by atoms with van der Waals surface area (Å²) in [6, 6.07) is 10.6. The Morgan fingerprint density at radius 1 is 1.06 bits per heavy atom. The first kappa shape index (κ1) is 22.7. The molecule has 9 heteroatoms. The van der Waals surface area contributed by atoms with Crippen molar-refractivity contribution in [1.29, 1.82) is 0 Å². The first-order valence-corrected chi connectivity index (χ1v) is 9.50. The van der Waals surface area contributed by atoms with Gasteiger partial charge in [-0.1, -0.05) is 0 Å². The minimum Gasteiger partial charge on any atom is -0.508 e. The van der Waals surface area contributed by atoms with Crippen LogP contribution in [0.3, 0.4) is 0 Å². The van der Waals surface area contributed by atoms with Crippen LogP contribution in [-0.4, -0.2) is 75.7 Å². The number of carbonyl (C=O) groups excluding carboxylic acids is 1. The molecule has 0 bridgehead atoms. The topological polar surface area (TPSA) is 146 Å². The number of aliphatic hydroxyl groups excluding tert-OH is 4. The van der Waals surface area contributed by atoms with Crippen LogP contribution in [0.1, 0.15) is 15.9 Å². The Hall–Kier alpha value is -2.95. The molecule has 2 aromatic carbocycles. The van der Waals surface area contributed by atoms with E-state index < -0.39 is 37.3 Å². The quantitative estimate of drug-likeness (QED) is 0.311. The van der Waals surface area contributed by atoms with Gasteiger partial charge >= 0.3 is 0 Å². The van der Waals surface area contributed by atoms with Gasteiger partial charge in [-0.25, -0.2) is 0 Å². The maximum absolute atomic E-state index is 12.4. The lowest BCUT2D eigenvalue weighted by atomic mass is 9.99. The van der Waals surface area contributed by atoms with Crippen LogP contribution in [0.15, 0.2) is 48.5 Å². The number of hydrogen-bond acceptors (Lipinski definition) is 9. The van der Waals surface area contributed by atoms with Crippen molar-refractivity contribution in [2.45, 2.75) is 30.7 Å². The molecule has 0 spiro atoms. The van der Waals surface area contributed by atoms with E-state index in [1.165, 1.54) is 49.6 Å². The smallest absolute Gasteiger partial charge is 0.229 e. The van der Waals surface area contributed by atoms with Crippen LogP contribution in [0.25, 0.3) is 6.08 Å². The molecule has 5 unspecified atom stereocenters. The molecule has 0 amide bonds. The molecule has 5 atom stereocenters. The van der Waals surface area contributed by atoms with Crippen molar-refractivity contribution in [3.63, 3.8) is 0 Å². The van der Waals surface area contributed by atoms with Crippen LogP contribution in [0, 0.1) is 0 Å². The molecule has 1 fully saturated rings. The summed E-state index contributed by atoms with van der Waals surface area (Å²) in [6.07, 6.45) is -3.99. The summed E-state index contributed by atoms with van der Waals surface area (Å²) in [5.41, 5.74) is 0.992. The van der Waals surface area contributed by atoms with Crippen molar-refractivity contribution < 1.29 is 44.5 Å². The van der Waals surface area contributed by atoms with E-state index in [4.69, 9.17) is 14.2 Å². The zero-order chi connectivity index (χ0) is 22.5. The fourth-order valence-corrected chi connectivity index (χ4v) is 3.10. The van der Waals surface area contributed by atoms with Crippen LogP contribution >= 0.6 is 0 Å². The van der Waals surface area contributed by atoms with Gasteiger partial charge in [0.1, 0.15) is 41.7 Å². The molecule has 166 valence electrons. The van der Waals surface area contributed by atoms with E-state index in [-0.39, 0.29) is 17.3 Å². The predicted molar refractivity (Wildman–Crippen MR) is 109 cm³/mol. The Labute approximate surface area is 178 Å². The van der Waals surface area contributed by atoms with E-state index in [2.05, 4.69) is 0 Å². The van der Waals surface area contributed by atoms with Crippen molar-refractivity contribution in [2.24, 2.45) is 0 Å². The second-order valence-corrected chi connectivity index (χ2v) is 6.96. The monoisotopic (exact) mass is 432 g/mol. The number of methoxy groups -OCH3 is 1. The highest BCUT2D eigenvalue weighted by Crippen LogP contribution is 2.26. The number of hydrogen-bond donors (Lipinski definition) is 5. The number of aliphatic hydroxyl groups is 4. The van der Waals surface area contributed by atoms with Gasteiger partial charge in [-0.3, -0.25) is 4.79 Å². The number of phenolic OH excluding ortho intramolecular Hbond substituents is 1. The van der Waals surface area contributed by atoms with Gasteiger partial charge in [0.2, 0.25) is 6.29 Å². The molecule has 9 nitrogen and oxygen atoms in total. The summed E-state index contributed by atoms with van der Waals surface area (Å²) in [6.45, 7) is -0.559. The zero-order valence-corrected chi connectivity index (χ0v) is 16.7. The van der Waals surface area contributed by atoms with Crippen molar-refractivity contribution in [2.75, 3.05) is 13.7 Å². The number of allylic oxidation sites excluding steroid dienone is 1. The van der Waals surface area contributed by atoms with Gasteiger partial charge in [-0.15, -0.1) is 0 Å². The van der Waals surface area contributed by atoms with Gasteiger partial charge in [-0.2, -0.15) is 0 Å². The van der Waals surface area contributed by atoms with Crippen molar-refractivity contribution in [1.82, 2.24) is 0 Å². The van der Waals surface area contributed by atoms with Gasteiger partial charge in [0.05, 0.1) is 13.7 Å². The first-order chi connectivity index (χ1) is 14.8. The Kier molecular flexibility index (Phi) is 7.26. The Morgan fingerprint density at radius 3 is 2.42 bits per heavy atom. The largest absolute Gasteiger partial charge is 0.508 e. The minimum atomic E-state index is -1.54. The number of phenols is 1. The highest BCUT2D eigenvalue weighted by atomic mass is 16.7. The number of aromatic hydroxyl groups is 1. The summed E-state index contributed by atoms with van der Waals surface area (Å²) >= 11 is 0. The summed E-state index contributed by atoms with van der Waals surface area (Å²) in [7, 11) is 1.46. The van der Waals surface area contributed by atoms with Gasteiger partial charge in [0.15, 0.2) is 5.78 Å². The van der Waals surface area contributed by atoms with E-state index in [0.29, 0.717) is 16.9 Å². The fourth-order valence-electron chi connectivity index (χ4n) is 3.10.